The van der Waals surface area contributed by atoms with E-state index in [4.69, 9.17) is 4.74 Å². The molecule has 0 saturated carbocycles. The molecule has 0 radical (unpaired) electrons. The van der Waals surface area contributed by atoms with Crippen LogP contribution >= 0.6 is 15.9 Å². The summed E-state index contributed by atoms with van der Waals surface area (Å²) < 4.78 is 5.84. The summed E-state index contributed by atoms with van der Waals surface area (Å²) in [5.41, 5.74) is -0.198. The van der Waals surface area contributed by atoms with Gasteiger partial charge in [-0.2, -0.15) is 0 Å². The summed E-state index contributed by atoms with van der Waals surface area (Å²) in [5.74, 6) is -1.77. The van der Waals surface area contributed by atoms with Crippen LogP contribution < -0.4 is 0 Å². The Morgan fingerprint density at radius 3 is 2.40 bits per heavy atom. The molecule has 1 aromatic carbocycles. The number of hydrogen-bond donors (Lipinski definition) is 1. The molecule has 1 aromatic rings. The molecule has 0 spiro atoms. The molecule has 0 aliphatic rings. The molecule has 5 heteroatoms. The summed E-state index contributed by atoms with van der Waals surface area (Å²) in [6.45, 7) is 7.87. The normalized spacial score (nSPS) is 12.8. The predicted octanol–water partition coefficient (Wildman–Crippen LogP) is 4.13. The highest BCUT2D eigenvalue weighted by atomic mass is 79.9. The molecular formula is C15H19BrO4. The molecular weight excluding hydrogens is 324 g/mol. The summed E-state index contributed by atoms with van der Waals surface area (Å²) in [7, 11) is 0. The SMILES string of the molecule is CCC(OC(=O)c1cccc(Br)c1C(=O)O)C(C)(C)C. The molecule has 1 N–H and O–H groups in total. The van der Waals surface area contributed by atoms with E-state index >= 15 is 0 Å². The van der Waals surface area contributed by atoms with Crippen molar-refractivity contribution < 1.29 is 19.4 Å². The van der Waals surface area contributed by atoms with Crippen LogP contribution in [0.25, 0.3) is 0 Å². The molecule has 1 rings (SSSR count). The first-order chi connectivity index (χ1) is 9.18. The molecule has 0 aliphatic heterocycles. The lowest BCUT2D eigenvalue weighted by Crippen LogP contribution is -2.31. The number of esters is 1. The van der Waals surface area contributed by atoms with Crippen LogP contribution in [0.1, 0.15) is 54.8 Å². The summed E-state index contributed by atoms with van der Waals surface area (Å²) in [5, 5.41) is 9.21. The fourth-order valence-corrected chi connectivity index (χ4v) is 2.51. The molecule has 0 aliphatic carbocycles. The third-order valence-electron chi connectivity index (χ3n) is 3.03. The van der Waals surface area contributed by atoms with Gasteiger partial charge in [-0.05, 0) is 39.9 Å². The third kappa shape index (κ3) is 3.82. The number of ether oxygens (including phenoxy) is 1. The molecule has 0 saturated heterocycles. The zero-order valence-corrected chi connectivity index (χ0v) is 13.7. The predicted molar refractivity (Wildman–Crippen MR) is 80.1 cm³/mol. The van der Waals surface area contributed by atoms with Gasteiger partial charge in [-0.3, -0.25) is 0 Å². The molecule has 1 atom stereocenters. The number of rotatable bonds is 4. The lowest BCUT2D eigenvalue weighted by atomic mass is 9.87. The number of carbonyl (C=O) groups excluding carboxylic acids is 1. The molecule has 4 nitrogen and oxygen atoms in total. The van der Waals surface area contributed by atoms with E-state index in [0.29, 0.717) is 10.9 Å². The molecule has 1 unspecified atom stereocenters. The Hall–Kier alpha value is -1.36. The first-order valence-electron chi connectivity index (χ1n) is 6.41. The molecule has 0 fully saturated rings. The lowest BCUT2D eigenvalue weighted by Gasteiger charge is -2.29. The van der Waals surface area contributed by atoms with E-state index in [1.807, 2.05) is 27.7 Å². The highest BCUT2D eigenvalue weighted by Crippen LogP contribution is 2.27. The van der Waals surface area contributed by atoms with Crippen molar-refractivity contribution in [3.63, 3.8) is 0 Å². The van der Waals surface area contributed by atoms with Crippen LogP contribution in [0.4, 0.5) is 0 Å². The Labute approximate surface area is 127 Å². The van der Waals surface area contributed by atoms with Crippen molar-refractivity contribution in [1.82, 2.24) is 0 Å². The Balaban J connectivity index is 3.10. The van der Waals surface area contributed by atoms with E-state index in [2.05, 4.69) is 15.9 Å². The standard InChI is InChI=1S/C15H19BrO4/c1-5-11(15(2,3)4)20-14(19)9-7-6-8-10(16)12(9)13(17)18/h6-8,11H,5H2,1-4H3,(H,17,18). The highest BCUT2D eigenvalue weighted by Gasteiger charge is 2.29. The van der Waals surface area contributed by atoms with Crippen LogP contribution in [0.2, 0.25) is 0 Å². The van der Waals surface area contributed by atoms with Crippen molar-refractivity contribution in [3.05, 3.63) is 33.8 Å². The second kappa shape index (κ2) is 6.39. The minimum atomic E-state index is -1.16. The first kappa shape index (κ1) is 16.7. The van der Waals surface area contributed by atoms with Gasteiger partial charge in [0.25, 0.3) is 0 Å². The maximum atomic E-state index is 12.2. The van der Waals surface area contributed by atoms with Gasteiger partial charge in [-0.1, -0.05) is 33.8 Å². The van der Waals surface area contributed by atoms with Crippen LogP contribution in [0.15, 0.2) is 22.7 Å². The maximum Gasteiger partial charge on any atom is 0.339 e. The number of benzene rings is 1. The van der Waals surface area contributed by atoms with Crippen LogP contribution in [-0.4, -0.2) is 23.1 Å². The molecule has 20 heavy (non-hydrogen) atoms. The van der Waals surface area contributed by atoms with Gasteiger partial charge < -0.3 is 9.84 Å². The fourth-order valence-electron chi connectivity index (χ4n) is 1.98. The average molecular weight is 343 g/mol. The zero-order chi connectivity index (χ0) is 15.5. The van der Waals surface area contributed by atoms with E-state index in [1.54, 1.807) is 12.1 Å². The molecule has 110 valence electrons. The number of carboxylic acids is 1. The van der Waals surface area contributed by atoms with Gasteiger partial charge in [0.2, 0.25) is 0 Å². The van der Waals surface area contributed by atoms with E-state index in [-0.39, 0.29) is 22.6 Å². The van der Waals surface area contributed by atoms with Crippen molar-refractivity contribution in [1.29, 1.82) is 0 Å². The smallest absolute Gasteiger partial charge is 0.339 e. The number of carboxylic acid groups (broad SMARTS) is 1. The van der Waals surface area contributed by atoms with Crippen molar-refractivity contribution in [3.8, 4) is 0 Å². The van der Waals surface area contributed by atoms with Crippen molar-refractivity contribution in [2.45, 2.75) is 40.2 Å². The topological polar surface area (TPSA) is 63.6 Å². The Bertz CT molecular complexity index is 517. The van der Waals surface area contributed by atoms with Gasteiger partial charge in [0.15, 0.2) is 0 Å². The number of aromatic carboxylic acids is 1. The number of halogens is 1. The summed E-state index contributed by atoms with van der Waals surface area (Å²) in [6, 6.07) is 4.67. The van der Waals surface area contributed by atoms with Crippen LogP contribution in [0, 0.1) is 5.41 Å². The van der Waals surface area contributed by atoms with Crippen molar-refractivity contribution >= 4 is 27.9 Å². The van der Waals surface area contributed by atoms with Crippen LogP contribution in [0.3, 0.4) is 0 Å². The Morgan fingerprint density at radius 2 is 1.95 bits per heavy atom. The van der Waals surface area contributed by atoms with E-state index in [9.17, 15) is 14.7 Å². The second-order valence-corrected chi connectivity index (χ2v) is 6.49. The maximum absolute atomic E-state index is 12.2. The Kier molecular flexibility index (Phi) is 5.34. The summed E-state index contributed by atoms with van der Waals surface area (Å²) in [4.78, 5) is 23.5. The zero-order valence-electron chi connectivity index (χ0n) is 12.1. The largest absolute Gasteiger partial charge is 0.478 e. The van der Waals surface area contributed by atoms with E-state index in [1.165, 1.54) is 6.07 Å². The van der Waals surface area contributed by atoms with E-state index < -0.39 is 11.9 Å². The molecule has 0 heterocycles. The fraction of sp³-hybridized carbons (Fsp3) is 0.467. The molecule has 0 amide bonds. The van der Waals surface area contributed by atoms with Gasteiger partial charge in [0.1, 0.15) is 6.10 Å². The highest BCUT2D eigenvalue weighted by molar-refractivity contribution is 9.10. The minimum Gasteiger partial charge on any atom is -0.478 e. The molecule has 0 bridgehead atoms. The van der Waals surface area contributed by atoms with Gasteiger partial charge in [-0.25, -0.2) is 9.59 Å². The lowest BCUT2D eigenvalue weighted by molar-refractivity contribution is -0.00429. The van der Waals surface area contributed by atoms with E-state index in [0.717, 1.165) is 0 Å². The van der Waals surface area contributed by atoms with Gasteiger partial charge in [-0.15, -0.1) is 0 Å². The van der Waals surface area contributed by atoms with Crippen molar-refractivity contribution in [2.24, 2.45) is 5.41 Å². The number of carbonyl (C=O) groups is 2. The second-order valence-electron chi connectivity index (χ2n) is 5.64. The van der Waals surface area contributed by atoms with Crippen LogP contribution in [0.5, 0.6) is 0 Å². The quantitative estimate of drug-likeness (QED) is 0.835. The van der Waals surface area contributed by atoms with Crippen molar-refractivity contribution in [2.75, 3.05) is 0 Å². The summed E-state index contributed by atoms with van der Waals surface area (Å²) in [6.07, 6.45) is 0.404. The first-order valence-corrected chi connectivity index (χ1v) is 7.20. The monoisotopic (exact) mass is 342 g/mol. The third-order valence-corrected chi connectivity index (χ3v) is 3.69. The van der Waals surface area contributed by atoms with Gasteiger partial charge >= 0.3 is 11.9 Å². The summed E-state index contributed by atoms with van der Waals surface area (Å²) >= 11 is 3.15. The van der Waals surface area contributed by atoms with Gasteiger partial charge in [0, 0.05) is 4.47 Å². The molecule has 0 aromatic heterocycles. The Morgan fingerprint density at radius 1 is 1.35 bits per heavy atom. The number of hydrogen-bond acceptors (Lipinski definition) is 3. The average Bonchev–Trinajstić information content (AvgIpc) is 2.33. The van der Waals surface area contributed by atoms with Crippen LogP contribution in [-0.2, 0) is 4.74 Å². The minimum absolute atomic E-state index is 0.0644. The van der Waals surface area contributed by atoms with Gasteiger partial charge in [0.05, 0.1) is 11.1 Å².